The Hall–Kier alpha value is -2.28. The molecule has 1 aromatic heterocycles. The number of amides is 1. The van der Waals surface area contributed by atoms with E-state index in [0.29, 0.717) is 10.9 Å². The van der Waals surface area contributed by atoms with Crippen molar-refractivity contribution in [3.05, 3.63) is 34.6 Å². The molecule has 7 heteroatoms. The Kier molecular flexibility index (Phi) is 5.75. The molecule has 0 radical (unpaired) electrons. The molecule has 0 bridgehead atoms. The number of aromatic nitrogens is 3. The number of carbonyl (C=O) groups excluding carboxylic acids is 1. The molecule has 1 saturated heterocycles. The molecule has 0 atom stereocenters. The Morgan fingerprint density at radius 3 is 2.80 bits per heavy atom. The summed E-state index contributed by atoms with van der Waals surface area (Å²) in [6, 6.07) is 7.13. The van der Waals surface area contributed by atoms with Crippen LogP contribution in [0.25, 0.3) is 10.9 Å². The second-order valence-corrected chi connectivity index (χ2v) is 6.46. The van der Waals surface area contributed by atoms with Crippen LogP contribution in [0.2, 0.25) is 0 Å². The maximum Gasteiger partial charge on any atom is 0.277 e. The highest BCUT2D eigenvalue weighted by Gasteiger charge is 2.19. The van der Waals surface area contributed by atoms with Crippen molar-refractivity contribution >= 4 is 16.8 Å². The molecular formula is C18H25N5O2. The van der Waals surface area contributed by atoms with Crippen LogP contribution >= 0.6 is 0 Å². The van der Waals surface area contributed by atoms with Gasteiger partial charge < -0.3 is 9.80 Å². The summed E-state index contributed by atoms with van der Waals surface area (Å²) in [5.41, 5.74) is 0.391. The summed E-state index contributed by atoms with van der Waals surface area (Å²) in [5, 5.41) is 8.55. The molecule has 1 aliphatic rings. The number of aryl methyl sites for hydroxylation is 1. The fourth-order valence-electron chi connectivity index (χ4n) is 3.29. The molecule has 3 rings (SSSR count). The van der Waals surface area contributed by atoms with Crippen molar-refractivity contribution in [2.75, 3.05) is 32.7 Å². The number of nitrogens with zero attached hydrogens (tertiary/aromatic N) is 5. The lowest BCUT2D eigenvalue weighted by atomic mass is 10.2. The predicted octanol–water partition coefficient (Wildman–Crippen LogP) is 1.13. The monoisotopic (exact) mass is 343 g/mol. The molecule has 0 N–H and O–H groups in total. The lowest BCUT2D eigenvalue weighted by Crippen LogP contribution is -2.36. The van der Waals surface area contributed by atoms with Gasteiger partial charge in [0.05, 0.1) is 11.9 Å². The molecular weight excluding hydrogens is 318 g/mol. The zero-order chi connectivity index (χ0) is 17.6. The smallest absolute Gasteiger partial charge is 0.277 e. The molecule has 0 saturated carbocycles. The third-order valence-electron chi connectivity index (χ3n) is 4.65. The van der Waals surface area contributed by atoms with Crippen LogP contribution in [0, 0.1) is 0 Å². The first-order chi connectivity index (χ1) is 12.2. The summed E-state index contributed by atoms with van der Waals surface area (Å²) >= 11 is 0. The highest BCUT2D eigenvalue weighted by atomic mass is 16.2. The predicted molar refractivity (Wildman–Crippen MR) is 96.3 cm³/mol. The fraction of sp³-hybridized carbons (Fsp3) is 0.556. The maximum absolute atomic E-state index is 12.5. The van der Waals surface area contributed by atoms with E-state index in [0.717, 1.165) is 45.6 Å². The Bertz CT molecular complexity index is 788. The Labute approximate surface area is 147 Å². The number of fused-ring (bicyclic) bond motifs is 1. The first kappa shape index (κ1) is 17.5. The number of benzene rings is 1. The van der Waals surface area contributed by atoms with E-state index >= 15 is 0 Å². The standard InChI is InChI=1S/C18H25N5O2/c1-2-9-21-10-5-11-22(14-13-21)17(24)8-12-23-18(25)15-6-3-4-7-16(15)19-20-23/h3-4,6-7H,2,5,8-14H2,1H3. The van der Waals surface area contributed by atoms with E-state index in [9.17, 15) is 9.59 Å². The average Bonchev–Trinajstić information content (AvgIpc) is 2.87. The fourth-order valence-corrected chi connectivity index (χ4v) is 3.29. The van der Waals surface area contributed by atoms with E-state index in [4.69, 9.17) is 0 Å². The minimum Gasteiger partial charge on any atom is -0.341 e. The normalized spacial score (nSPS) is 16.1. The minimum absolute atomic E-state index is 0.0835. The molecule has 1 aliphatic heterocycles. The van der Waals surface area contributed by atoms with E-state index in [1.54, 1.807) is 18.2 Å². The molecule has 25 heavy (non-hydrogen) atoms. The highest BCUT2D eigenvalue weighted by molar-refractivity contribution is 5.77. The summed E-state index contributed by atoms with van der Waals surface area (Å²) in [4.78, 5) is 29.2. The van der Waals surface area contributed by atoms with Gasteiger partial charge in [-0.3, -0.25) is 9.59 Å². The molecule has 0 unspecified atom stereocenters. The maximum atomic E-state index is 12.5. The highest BCUT2D eigenvalue weighted by Crippen LogP contribution is 2.07. The lowest BCUT2D eigenvalue weighted by Gasteiger charge is -2.21. The zero-order valence-corrected chi connectivity index (χ0v) is 14.7. The topological polar surface area (TPSA) is 71.3 Å². The third-order valence-corrected chi connectivity index (χ3v) is 4.65. The third kappa shape index (κ3) is 4.22. The number of rotatable bonds is 5. The molecule has 0 aliphatic carbocycles. The molecule has 2 heterocycles. The van der Waals surface area contributed by atoms with Gasteiger partial charge in [0, 0.05) is 26.1 Å². The van der Waals surface area contributed by atoms with Crippen LogP contribution in [-0.2, 0) is 11.3 Å². The van der Waals surface area contributed by atoms with Crippen LogP contribution in [0.5, 0.6) is 0 Å². The van der Waals surface area contributed by atoms with Gasteiger partial charge in [0.1, 0.15) is 5.52 Å². The second kappa shape index (κ2) is 8.20. The van der Waals surface area contributed by atoms with Crippen LogP contribution in [-0.4, -0.2) is 63.4 Å². The van der Waals surface area contributed by atoms with Gasteiger partial charge in [-0.1, -0.05) is 24.3 Å². The molecule has 7 nitrogen and oxygen atoms in total. The van der Waals surface area contributed by atoms with Crippen molar-refractivity contribution in [2.24, 2.45) is 0 Å². The number of hydrogen-bond acceptors (Lipinski definition) is 5. The molecule has 2 aromatic rings. The van der Waals surface area contributed by atoms with Gasteiger partial charge in [0.2, 0.25) is 5.91 Å². The van der Waals surface area contributed by atoms with Crippen LogP contribution in [0.4, 0.5) is 0 Å². The van der Waals surface area contributed by atoms with Crippen molar-refractivity contribution < 1.29 is 4.79 Å². The van der Waals surface area contributed by atoms with Crippen molar-refractivity contribution in [3.8, 4) is 0 Å². The minimum atomic E-state index is -0.191. The first-order valence-electron chi connectivity index (χ1n) is 9.01. The van der Waals surface area contributed by atoms with E-state index in [1.807, 2.05) is 11.0 Å². The summed E-state index contributed by atoms with van der Waals surface area (Å²) in [5.74, 6) is 0.0835. The van der Waals surface area contributed by atoms with Gasteiger partial charge in [-0.15, -0.1) is 5.10 Å². The van der Waals surface area contributed by atoms with E-state index in [1.165, 1.54) is 4.68 Å². The largest absolute Gasteiger partial charge is 0.341 e. The Morgan fingerprint density at radius 1 is 1.12 bits per heavy atom. The van der Waals surface area contributed by atoms with Crippen molar-refractivity contribution in [1.29, 1.82) is 0 Å². The molecule has 1 amide bonds. The summed E-state index contributed by atoms with van der Waals surface area (Å²) in [6.45, 7) is 7.06. The van der Waals surface area contributed by atoms with Gasteiger partial charge >= 0.3 is 0 Å². The van der Waals surface area contributed by atoms with E-state index in [2.05, 4.69) is 22.1 Å². The summed E-state index contributed by atoms with van der Waals surface area (Å²) in [6.07, 6.45) is 2.42. The van der Waals surface area contributed by atoms with Crippen molar-refractivity contribution in [3.63, 3.8) is 0 Å². The second-order valence-electron chi connectivity index (χ2n) is 6.46. The SMILES string of the molecule is CCCN1CCCN(C(=O)CCn2nnc3ccccc3c2=O)CC1. The van der Waals surface area contributed by atoms with Crippen molar-refractivity contribution in [2.45, 2.75) is 32.7 Å². The molecule has 134 valence electrons. The van der Waals surface area contributed by atoms with E-state index < -0.39 is 0 Å². The lowest BCUT2D eigenvalue weighted by molar-refractivity contribution is -0.131. The number of carbonyl (C=O) groups is 1. The van der Waals surface area contributed by atoms with Crippen LogP contribution < -0.4 is 5.56 Å². The first-order valence-corrected chi connectivity index (χ1v) is 9.01. The van der Waals surface area contributed by atoms with Crippen LogP contribution in [0.3, 0.4) is 0 Å². The van der Waals surface area contributed by atoms with Crippen molar-refractivity contribution in [1.82, 2.24) is 24.8 Å². The summed E-state index contributed by atoms with van der Waals surface area (Å²) < 4.78 is 1.29. The van der Waals surface area contributed by atoms with E-state index in [-0.39, 0.29) is 24.4 Å². The molecule has 1 fully saturated rings. The zero-order valence-electron chi connectivity index (χ0n) is 14.7. The van der Waals surface area contributed by atoms with Gasteiger partial charge in [-0.25, -0.2) is 4.68 Å². The Balaban J connectivity index is 1.61. The van der Waals surface area contributed by atoms with Gasteiger partial charge in [0.25, 0.3) is 5.56 Å². The molecule has 0 spiro atoms. The number of hydrogen-bond donors (Lipinski definition) is 0. The summed E-state index contributed by atoms with van der Waals surface area (Å²) in [7, 11) is 0. The Morgan fingerprint density at radius 2 is 1.96 bits per heavy atom. The van der Waals surface area contributed by atoms with Gasteiger partial charge in [-0.2, -0.15) is 0 Å². The van der Waals surface area contributed by atoms with Crippen LogP contribution in [0.1, 0.15) is 26.2 Å². The molecule has 1 aromatic carbocycles. The van der Waals surface area contributed by atoms with Crippen LogP contribution in [0.15, 0.2) is 29.1 Å². The van der Waals surface area contributed by atoms with Gasteiger partial charge in [-0.05, 0) is 38.1 Å². The average molecular weight is 343 g/mol. The van der Waals surface area contributed by atoms with Gasteiger partial charge in [0.15, 0.2) is 0 Å². The quantitative estimate of drug-likeness (QED) is 0.814.